The Morgan fingerprint density at radius 2 is 0.589 bits per heavy atom. The number of hydrogen-bond donors (Lipinski definition) is 6. The van der Waals surface area contributed by atoms with E-state index in [-0.39, 0.29) is 58.1 Å². The van der Waals surface area contributed by atoms with Crippen LogP contribution in [0, 0.1) is 0 Å². The van der Waals surface area contributed by atoms with Crippen molar-refractivity contribution in [1.29, 1.82) is 0 Å². The molecular formula is C73H70N6O11. The third-order valence-electron chi connectivity index (χ3n) is 14.7. The van der Waals surface area contributed by atoms with Crippen LogP contribution >= 0.6 is 0 Å². The van der Waals surface area contributed by atoms with Gasteiger partial charge in [-0.25, -0.2) is 19.2 Å². The van der Waals surface area contributed by atoms with E-state index in [0.29, 0.717) is 81.6 Å². The molecule has 17 heteroatoms. The second-order valence-corrected chi connectivity index (χ2v) is 21.2. The zero-order valence-electron chi connectivity index (χ0n) is 49.6. The van der Waals surface area contributed by atoms with Crippen molar-refractivity contribution < 1.29 is 52.5 Å². The third kappa shape index (κ3) is 19.0. The first kappa shape index (κ1) is 63.4. The summed E-state index contributed by atoms with van der Waals surface area (Å²) >= 11 is 0. The fourth-order valence-corrected chi connectivity index (χ4v) is 10.1. The van der Waals surface area contributed by atoms with Crippen molar-refractivity contribution in [3.63, 3.8) is 0 Å². The quantitative estimate of drug-likeness (QED) is 0.0200. The normalized spacial score (nSPS) is 12.4. The van der Waals surface area contributed by atoms with Crippen LogP contribution in [0.25, 0.3) is 22.3 Å². The number of rotatable bonds is 28. The lowest BCUT2D eigenvalue weighted by Gasteiger charge is -2.19. The fraction of sp³-hybridized carbons (Fsp3) is 0.192. The standard InChI is InChI=1S/C73H70N6O11/c80-67-65(55-31-15-5-16-32-55)63(57-37-41-59(42-38-57)76-68(81)61(78-72(85)89-49-53-27-11-3-12-28-53)35-19-21-45-74-70(83)87-47-51-23-7-1-8-24-51)64(66(67)56-33-17-6-18-34-56)58-39-43-60(44-40-58)77-69(82)62(79-73(86)90-50-54-29-13-4-14-30-54)36-20-22-46-75-71(84)88-48-52-25-9-2-10-26-52/h1-18,23-34,37-44,61-62H,19-22,35-36,45-50H2,(H,74,83)(H,75,84)(H,76,81)(H,77,82)(H,78,85)(H,79,86)/t61-,62-/m0/s1. The number of ketones is 1. The minimum atomic E-state index is -1.02. The lowest BCUT2D eigenvalue weighted by Crippen LogP contribution is -2.44. The van der Waals surface area contributed by atoms with E-state index in [2.05, 4.69) is 31.9 Å². The molecular weight excluding hydrogens is 1140 g/mol. The summed E-state index contributed by atoms with van der Waals surface area (Å²) in [5.74, 6) is -1.19. The number of amides is 6. The molecule has 458 valence electrons. The predicted octanol–water partition coefficient (Wildman–Crippen LogP) is 13.5. The average Bonchev–Trinajstić information content (AvgIpc) is 1.94. The summed E-state index contributed by atoms with van der Waals surface area (Å²) in [6, 6.07) is 68.0. The van der Waals surface area contributed by atoms with Crippen LogP contribution in [0.4, 0.5) is 30.6 Å². The highest BCUT2D eigenvalue weighted by atomic mass is 16.6. The number of carbonyl (C=O) groups excluding carboxylic acids is 7. The summed E-state index contributed by atoms with van der Waals surface area (Å²) in [4.78, 5) is 94.8. The molecule has 0 fully saturated rings. The van der Waals surface area contributed by atoms with Crippen LogP contribution in [0.15, 0.2) is 231 Å². The zero-order chi connectivity index (χ0) is 62.7. The molecule has 90 heavy (non-hydrogen) atoms. The SMILES string of the molecule is O=C(NCCCC[C@H](NC(=O)OCc1ccccc1)C(=O)Nc1ccc(C2=C(c3ccccc3)C(=O)C(c3ccccc3)=C2c2ccc(NC(=O)[C@H](CCCCNC(=O)OCc3ccccc3)NC(=O)OCc3ccccc3)cc2)cc1)OCc1ccccc1. The Bertz CT molecular complexity index is 3500. The minimum Gasteiger partial charge on any atom is -0.445 e. The number of anilines is 2. The van der Waals surface area contributed by atoms with Crippen molar-refractivity contribution >= 4 is 75.6 Å². The number of allylic oxidation sites excluding steroid dienone is 4. The highest BCUT2D eigenvalue weighted by Crippen LogP contribution is 2.50. The molecule has 0 saturated carbocycles. The maximum Gasteiger partial charge on any atom is 0.408 e. The molecule has 0 bridgehead atoms. The molecule has 0 unspecified atom stereocenters. The van der Waals surface area contributed by atoms with Gasteiger partial charge in [0.05, 0.1) is 0 Å². The van der Waals surface area contributed by atoms with E-state index >= 15 is 4.79 Å². The van der Waals surface area contributed by atoms with E-state index in [4.69, 9.17) is 18.9 Å². The summed E-state index contributed by atoms with van der Waals surface area (Å²) in [6.07, 6.45) is -0.381. The van der Waals surface area contributed by atoms with Gasteiger partial charge in [-0.2, -0.15) is 0 Å². The first-order valence-electron chi connectivity index (χ1n) is 29.8. The molecule has 0 aromatic heterocycles. The highest BCUT2D eigenvalue weighted by molar-refractivity contribution is 6.59. The Morgan fingerprint density at radius 1 is 0.311 bits per heavy atom. The molecule has 0 spiro atoms. The summed E-state index contributed by atoms with van der Waals surface area (Å²) in [6.45, 7) is 0.798. The van der Waals surface area contributed by atoms with Crippen LogP contribution in [0.1, 0.15) is 83.0 Å². The van der Waals surface area contributed by atoms with Gasteiger partial charge in [0.1, 0.15) is 38.5 Å². The lowest BCUT2D eigenvalue weighted by molar-refractivity contribution is -0.119. The van der Waals surface area contributed by atoms with Crippen molar-refractivity contribution in [3.05, 3.63) is 275 Å². The second-order valence-electron chi connectivity index (χ2n) is 21.2. The Kier molecular flexibility index (Phi) is 23.4. The summed E-state index contributed by atoms with van der Waals surface area (Å²) in [5, 5.41) is 16.9. The van der Waals surface area contributed by atoms with Gasteiger partial charge < -0.3 is 50.8 Å². The smallest absolute Gasteiger partial charge is 0.408 e. The number of Topliss-reactive ketones (excluding diaryl/α,β-unsaturated/α-hetero) is 1. The van der Waals surface area contributed by atoms with Gasteiger partial charge in [0.25, 0.3) is 0 Å². The molecule has 2 atom stereocenters. The van der Waals surface area contributed by atoms with Crippen LogP contribution in [-0.4, -0.2) is 67.1 Å². The van der Waals surface area contributed by atoms with Crippen LogP contribution in [0.5, 0.6) is 0 Å². The number of alkyl carbamates (subject to hydrolysis) is 4. The van der Waals surface area contributed by atoms with Crippen molar-refractivity contribution in [1.82, 2.24) is 21.3 Å². The van der Waals surface area contributed by atoms with Gasteiger partial charge in [0.15, 0.2) is 5.78 Å². The van der Waals surface area contributed by atoms with E-state index < -0.39 is 48.3 Å². The average molecular weight is 1210 g/mol. The molecule has 1 aliphatic rings. The van der Waals surface area contributed by atoms with Crippen molar-refractivity contribution in [3.8, 4) is 0 Å². The van der Waals surface area contributed by atoms with Gasteiger partial charge in [0, 0.05) is 46.8 Å². The molecule has 6 amide bonds. The monoisotopic (exact) mass is 1210 g/mol. The minimum absolute atomic E-state index is 0.00341. The molecule has 0 saturated heterocycles. The number of hydrogen-bond acceptors (Lipinski definition) is 11. The van der Waals surface area contributed by atoms with Crippen molar-refractivity contribution in [2.75, 3.05) is 23.7 Å². The Morgan fingerprint density at radius 3 is 0.900 bits per heavy atom. The molecule has 0 heterocycles. The summed E-state index contributed by atoms with van der Waals surface area (Å²) in [7, 11) is 0. The summed E-state index contributed by atoms with van der Waals surface area (Å²) in [5.41, 5.74) is 9.00. The zero-order valence-corrected chi connectivity index (χ0v) is 49.6. The van der Waals surface area contributed by atoms with E-state index in [1.807, 2.05) is 206 Å². The number of nitrogens with one attached hydrogen (secondary N) is 6. The van der Waals surface area contributed by atoms with Gasteiger partial charge in [-0.15, -0.1) is 0 Å². The van der Waals surface area contributed by atoms with E-state index in [9.17, 15) is 28.8 Å². The number of benzene rings is 8. The highest BCUT2D eigenvalue weighted by Gasteiger charge is 2.36. The van der Waals surface area contributed by atoms with Crippen LogP contribution in [0.3, 0.4) is 0 Å². The van der Waals surface area contributed by atoms with E-state index in [1.165, 1.54) is 0 Å². The topological polar surface area (TPSA) is 229 Å². The van der Waals surface area contributed by atoms with Gasteiger partial charge >= 0.3 is 24.4 Å². The van der Waals surface area contributed by atoms with Gasteiger partial charge in [-0.3, -0.25) is 14.4 Å². The predicted molar refractivity (Wildman–Crippen MR) is 346 cm³/mol. The fourth-order valence-electron chi connectivity index (χ4n) is 10.1. The largest absolute Gasteiger partial charge is 0.445 e. The Hall–Kier alpha value is -11.1. The maximum atomic E-state index is 15.2. The number of ether oxygens (including phenoxy) is 4. The maximum absolute atomic E-state index is 15.2. The van der Waals surface area contributed by atoms with Crippen LogP contribution < -0.4 is 31.9 Å². The van der Waals surface area contributed by atoms with Crippen molar-refractivity contribution in [2.24, 2.45) is 0 Å². The summed E-state index contributed by atoms with van der Waals surface area (Å²) < 4.78 is 21.7. The molecule has 0 radical (unpaired) electrons. The van der Waals surface area contributed by atoms with Gasteiger partial charge in [-0.05, 0) is 107 Å². The molecule has 0 aliphatic heterocycles. The first-order chi connectivity index (χ1) is 44.0. The first-order valence-corrected chi connectivity index (χ1v) is 29.8. The lowest BCUT2D eigenvalue weighted by atomic mass is 9.89. The molecule has 17 nitrogen and oxygen atoms in total. The molecule has 8 aromatic rings. The Balaban J connectivity index is 0.912. The molecule has 1 aliphatic carbocycles. The van der Waals surface area contributed by atoms with Crippen LogP contribution in [-0.2, 0) is 59.8 Å². The van der Waals surface area contributed by atoms with Gasteiger partial charge in [0.2, 0.25) is 11.8 Å². The van der Waals surface area contributed by atoms with E-state index in [1.54, 1.807) is 24.3 Å². The number of unbranched alkanes of at least 4 members (excludes halogenated alkanes) is 2. The van der Waals surface area contributed by atoms with Crippen LogP contribution in [0.2, 0.25) is 0 Å². The molecule has 8 aromatic carbocycles. The van der Waals surface area contributed by atoms with Crippen molar-refractivity contribution in [2.45, 2.75) is 77.0 Å². The van der Waals surface area contributed by atoms with E-state index in [0.717, 1.165) is 22.3 Å². The van der Waals surface area contributed by atoms with Gasteiger partial charge in [-0.1, -0.05) is 206 Å². The Labute approximate surface area is 522 Å². The molecule has 9 rings (SSSR count). The third-order valence-corrected chi connectivity index (χ3v) is 14.7. The second kappa shape index (κ2) is 33.2. The molecule has 6 N–H and O–H groups in total. The number of carbonyl (C=O) groups is 7.